The first-order chi connectivity index (χ1) is 14.0. The van der Waals surface area contributed by atoms with Crippen LogP contribution in [-0.4, -0.2) is 11.0 Å². The van der Waals surface area contributed by atoms with Crippen LogP contribution in [0.15, 0.2) is 72.8 Å². The molecule has 4 aromatic rings. The summed E-state index contributed by atoms with van der Waals surface area (Å²) in [4.78, 5) is 0. The standard InChI is InChI=1S/C27H27OP/c1-5-24-28-23-16-10-15-22(26(23)29(24)27(2,3)4)25-20-13-8-6-11-18(20)17-19-12-7-9-14-21(19)25/h6-17,24H,5H2,1-4H3/t24-,29?/m0/s1. The molecule has 0 aromatic heterocycles. The lowest BCUT2D eigenvalue weighted by Gasteiger charge is -2.32. The van der Waals surface area contributed by atoms with Crippen molar-refractivity contribution in [3.8, 4) is 16.9 Å². The number of fused-ring (bicyclic) bond motifs is 3. The summed E-state index contributed by atoms with van der Waals surface area (Å²) in [6, 6.07) is 26.5. The van der Waals surface area contributed by atoms with Gasteiger partial charge in [-0.15, -0.1) is 0 Å². The van der Waals surface area contributed by atoms with Crippen molar-refractivity contribution in [1.82, 2.24) is 0 Å². The Morgan fingerprint density at radius 3 is 2.03 bits per heavy atom. The minimum atomic E-state index is -0.443. The molecule has 1 heterocycles. The van der Waals surface area contributed by atoms with Crippen LogP contribution in [0.1, 0.15) is 34.1 Å². The van der Waals surface area contributed by atoms with Crippen LogP contribution in [0.25, 0.3) is 32.7 Å². The van der Waals surface area contributed by atoms with Gasteiger partial charge in [0.15, 0.2) is 0 Å². The van der Waals surface area contributed by atoms with Gasteiger partial charge in [0.1, 0.15) is 11.6 Å². The van der Waals surface area contributed by atoms with Crippen LogP contribution in [0, 0.1) is 0 Å². The fourth-order valence-corrected chi connectivity index (χ4v) is 7.97. The predicted octanol–water partition coefficient (Wildman–Crippen LogP) is 7.69. The molecular weight excluding hydrogens is 371 g/mol. The molecule has 4 aromatic carbocycles. The molecule has 0 aliphatic carbocycles. The molecular formula is C27H27OP. The lowest BCUT2D eigenvalue weighted by Crippen LogP contribution is -2.24. The Morgan fingerprint density at radius 1 is 0.828 bits per heavy atom. The van der Waals surface area contributed by atoms with Gasteiger partial charge in [0.25, 0.3) is 0 Å². The SMILES string of the molecule is CC[C@H]1Oc2cccc(-c3c4ccccc4cc4ccccc34)c2P1C(C)(C)C. The van der Waals surface area contributed by atoms with Gasteiger partial charge >= 0.3 is 0 Å². The maximum Gasteiger partial charge on any atom is 0.128 e. The van der Waals surface area contributed by atoms with Crippen molar-refractivity contribution in [3.63, 3.8) is 0 Å². The Bertz CT molecular complexity index is 1160. The summed E-state index contributed by atoms with van der Waals surface area (Å²) in [7, 11) is -0.443. The smallest absolute Gasteiger partial charge is 0.128 e. The molecule has 1 unspecified atom stereocenters. The molecule has 2 heteroatoms. The van der Waals surface area contributed by atoms with Crippen molar-refractivity contribution in [1.29, 1.82) is 0 Å². The molecule has 0 spiro atoms. The number of hydrogen-bond acceptors (Lipinski definition) is 1. The first-order valence-electron chi connectivity index (χ1n) is 10.5. The second kappa shape index (κ2) is 6.85. The van der Waals surface area contributed by atoms with E-state index in [4.69, 9.17) is 4.74 Å². The first-order valence-corrected chi connectivity index (χ1v) is 11.9. The summed E-state index contributed by atoms with van der Waals surface area (Å²) in [6.45, 7) is 9.37. The van der Waals surface area contributed by atoms with Crippen molar-refractivity contribution >= 4 is 34.8 Å². The summed E-state index contributed by atoms with van der Waals surface area (Å²) in [6.07, 6.45) is 1.05. The molecule has 146 valence electrons. The molecule has 1 nitrogen and oxygen atoms in total. The molecule has 1 aliphatic heterocycles. The maximum atomic E-state index is 6.51. The molecule has 5 rings (SSSR count). The minimum absolute atomic E-state index is 0.192. The summed E-state index contributed by atoms with van der Waals surface area (Å²) >= 11 is 0. The predicted molar refractivity (Wildman–Crippen MR) is 128 cm³/mol. The van der Waals surface area contributed by atoms with E-state index in [0.29, 0.717) is 5.85 Å². The molecule has 1 aliphatic rings. The maximum absolute atomic E-state index is 6.51. The molecule has 0 amide bonds. The lowest BCUT2D eigenvalue weighted by atomic mass is 9.92. The third kappa shape index (κ3) is 2.95. The zero-order valence-corrected chi connectivity index (χ0v) is 18.5. The number of ether oxygens (including phenoxy) is 1. The highest BCUT2D eigenvalue weighted by Crippen LogP contribution is 2.61. The van der Waals surface area contributed by atoms with Gasteiger partial charge in [-0.2, -0.15) is 0 Å². The van der Waals surface area contributed by atoms with Crippen molar-refractivity contribution < 1.29 is 4.74 Å². The largest absolute Gasteiger partial charge is 0.485 e. The van der Waals surface area contributed by atoms with Gasteiger partial charge in [-0.3, -0.25) is 0 Å². The highest BCUT2D eigenvalue weighted by atomic mass is 31.1. The summed E-state index contributed by atoms with van der Waals surface area (Å²) in [5.41, 5.74) is 2.71. The van der Waals surface area contributed by atoms with Gasteiger partial charge in [0, 0.05) is 5.30 Å². The Morgan fingerprint density at radius 2 is 1.45 bits per heavy atom. The quantitative estimate of drug-likeness (QED) is 0.248. The Hall–Kier alpha value is -2.37. The van der Waals surface area contributed by atoms with Crippen molar-refractivity contribution in [2.75, 3.05) is 0 Å². The molecule has 0 fully saturated rings. The monoisotopic (exact) mass is 398 g/mol. The van der Waals surface area contributed by atoms with Gasteiger partial charge in [0.2, 0.25) is 0 Å². The van der Waals surface area contributed by atoms with E-state index in [9.17, 15) is 0 Å². The molecule has 0 N–H and O–H groups in total. The van der Waals surface area contributed by atoms with Crippen LogP contribution < -0.4 is 10.0 Å². The normalized spacial score (nSPS) is 18.8. The van der Waals surface area contributed by atoms with Gasteiger partial charge in [-0.1, -0.05) is 88.4 Å². The van der Waals surface area contributed by atoms with Gasteiger partial charge in [0.05, 0.1) is 0 Å². The van der Waals surface area contributed by atoms with E-state index in [-0.39, 0.29) is 5.16 Å². The number of benzene rings is 4. The average Bonchev–Trinajstić information content (AvgIpc) is 3.11. The number of hydrogen-bond donors (Lipinski definition) is 0. The summed E-state index contributed by atoms with van der Waals surface area (Å²) in [5.74, 6) is 1.38. The molecule has 2 atom stereocenters. The molecule has 0 saturated carbocycles. The molecule has 0 bridgehead atoms. The molecule has 0 saturated heterocycles. The van der Waals surface area contributed by atoms with Gasteiger partial charge in [-0.25, -0.2) is 0 Å². The third-order valence-corrected chi connectivity index (χ3v) is 9.34. The van der Waals surface area contributed by atoms with Crippen molar-refractivity contribution in [2.24, 2.45) is 0 Å². The van der Waals surface area contributed by atoms with Crippen LogP contribution >= 0.6 is 7.92 Å². The fraction of sp³-hybridized carbons (Fsp3) is 0.259. The van der Waals surface area contributed by atoms with Crippen LogP contribution in [-0.2, 0) is 0 Å². The first kappa shape index (κ1) is 18.6. The van der Waals surface area contributed by atoms with E-state index in [0.717, 1.165) is 12.2 Å². The average molecular weight is 398 g/mol. The van der Waals surface area contributed by atoms with Gasteiger partial charge < -0.3 is 4.74 Å². The van der Waals surface area contributed by atoms with Crippen LogP contribution in [0.3, 0.4) is 0 Å². The van der Waals surface area contributed by atoms with Crippen LogP contribution in [0.4, 0.5) is 0 Å². The summed E-state index contributed by atoms with van der Waals surface area (Å²) < 4.78 is 6.51. The van der Waals surface area contributed by atoms with Gasteiger partial charge in [-0.05, 0) is 64.3 Å². The Kier molecular flexibility index (Phi) is 4.41. The summed E-state index contributed by atoms with van der Waals surface area (Å²) in [5, 5.41) is 6.88. The van der Waals surface area contributed by atoms with Crippen LogP contribution in [0.5, 0.6) is 5.75 Å². The molecule has 0 radical (unpaired) electrons. The zero-order chi connectivity index (χ0) is 20.2. The van der Waals surface area contributed by atoms with Crippen molar-refractivity contribution in [2.45, 2.75) is 45.1 Å². The van der Waals surface area contributed by atoms with E-state index in [1.165, 1.54) is 38.0 Å². The lowest BCUT2D eigenvalue weighted by molar-refractivity contribution is 0.288. The van der Waals surface area contributed by atoms with E-state index in [2.05, 4.69) is 100 Å². The second-order valence-corrected chi connectivity index (χ2v) is 12.0. The van der Waals surface area contributed by atoms with E-state index in [1.807, 2.05) is 0 Å². The second-order valence-electron chi connectivity index (χ2n) is 8.87. The van der Waals surface area contributed by atoms with E-state index in [1.54, 1.807) is 0 Å². The Balaban J connectivity index is 1.90. The zero-order valence-electron chi connectivity index (χ0n) is 17.6. The Labute approximate surface area is 174 Å². The van der Waals surface area contributed by atoms with E-state index >= 15 is 0 Å². The topological polar surface area (TPSA) is 9.23 Å². The highest BCUT2D eigenvalue weighted by Gasteiger charge is 2.42. The minimum Gasteiger partial charge on any atom is -0.485 e. The third-order valence-electron chi connectivity index (χ3n) is 5.90. The van der Waals surface area contributed by atoms with Crippen molar-refractivity contribution in [3.05, 3.63) is 72.8 Å². The van der Waals surface area contributed by atoms with Crippen LogP contribution in [0.2, 0.25) is 0 Å². The molecule has 29 heavy (non-hydrogen) atoms. The van der Waals surface area contributed by atoms with E-state index < -0.39 is 7.92 Å². The number of rotatable bonds is 2. The highest BCUT2D eigenvalue weighted by molar-refractivity contribution is 7.68. The fourth-order valence-electron chi connectivity index (χ4n) is 4.75.